The molecule has 1 aromatic rings. The molecule has 2 aliphatic heterocycles. The quantitative estimate of drug-likeness (QED) is 0.690. The molecule has 0 N–H and O–H groups in total. The summed E-state index contributed by atoms with van der Waals surface area (Å²) >= 11 is 3.49. The van der Waals surface area contributed by atoms with Crippen LogP contribution in [0.3, 0.4) is 0 Å². The lowest BCUT2D eigenvalue weighted by Gasteiger charge is -2.21. The maximum absolute atomic E-state index is 12.4. The molecular formula is C18H18BrN3O. The molecule has 0 saturated carbocycles. The van der Waals surface area contributed by atoms with Crippen molar-refractivity contribution in [3.63, 3.8) is 0 Å². The molecule has 0 aliphatic carbocycles. The fourth-order valence-corrected chi connectivity index (χ4v) is 2.69. The van der Waals surface area contributed by atoms with Crippen molar-refractivity contribution in [2.45, 2.75) is 27.3 Å². The van der Waals surface area contributed by atoms with E-state index in [4.69, 9.17) is 0 Å². The van der Waals surface area contributed by atoms with E-state index in [0.29, 0.717) is 12.4 Å². The van der Waals surface area contributed by atoms with Gasteiger partial charge in [-0.2, -0.15) is 4.99 Å². The van der Waals surface area contributed by atoms with Crippen LogP contribution in [-0.4, -0.2) is 22.5 Å². The Balaban J connectivity index is 2.14. The van der Waals surface area contributed by atoms with Crippen molar-refractivity contribution in [3.05, 3.63) is 58.2 Å². The maximum Gasteiger partial charge on any atom is 0.253 e. The zero-order valence-electron chi connectivity index (χ0n) is 13.4. The Kier molecular flexibility index (Phi) is 4.06. The summed E-state index contributed by atoms with van der Waals surface area (Å²) < 4.78 is 0.986. The Bertz CT molecular complexity index is 782. The molecule has 0 bridgehead atoms. The van der Waals surface area contributed by atoms with Crippen LogP contribution in [0, 0.1) is 5.41 Å². The normalized spacial score (nSPS) is 18.8. The number of carbonyl (C=O) groups excluding carboxylic acids is 1. The third-order valence-electron chi connectivity index (χ3n) is 3.63. The second-order valence-electron chi connectivity index (χ2n) is 6.59. The van der Waals surface area contributed by atoms with Crippen LogP contribution in [0.2, 0.25) is 0 Å². The standard InChI is InChI=1S/C18H18BrN3O/c1-18(2,3)17(23)21-16-14-7-5-4-6-12(14)10-22-11-13(19)8-9-15(22)20-16/h4-9,11H,10H2,1-3H3. The molecule has 2 heterocycles. The highest BCUT2D eigenvalue weighted by Crippen LogP contribution is 2.24. The van der Waals surface area contributed by atoms with Crippen LogP contribution in [0.1, 0.15) is 31.9 Å². The molecule has 0 spiro atoms. The van der Waals surface area contributed by atoms with E-state index in [0.717, 1.165) is 21.4 Å². The molecule has 0 atom stereocenters. The number of aliphatic imine (C=N–C) groups is 2. The van der Waals surface area contributed by atoms with E-state index < -0.39 is 5.41 Å². The van der Waals surface area contributed by atoms with Gasteiger partial charge in [-0.15, -0.1) is 0 Å². The lowest BCUT2D eigenvalue weighted by molar-refractivity contribution is -0.124. The van der Waals surface area contributed by atoms with Gasteiger partial charge in [-0.25, -0.2) is 4.99 Å². The van der Waals surface area contributed by atoms with Crippen LogP contribution in [0.5, 0.6) is 0 Å². The third kappa shape index (κ3) is 3.34. The largest absolute Gasteiger partial charge is 0.327 e. The van der Waals surface area contributed by atoms with Gasteiger partial charge in [0.15, 0.2) is 5.84 Å². The van der Waals surface area contributed by atoms with E-state index in [1.165, 1.54) is 0 Å². The van der Waals surface area contributed by atoms with Gasteiger partial charge in [0.05, 0.1) is 0 Å². The van der Waals surface area contributed by atoms with Crippen molar-refractivity contribution >= 4 is 33.5 Å². The molecule has 23 heavy (non-hydrogen) atoms. The Morgan fingerprint density at radius 3 is 2.74 bits per heavy atom. The number of halogens is 1. The molecule has 5 heteroatoms. The molecule has 118 valence electrons. The number of amidine groups is 2. The molecule has 0 aromatic heterocycles. The lowest BCUT2D eigenvalue weighted by Crippen LogP contribution is -2.25. The first kappa shape index (κ1) is 15.9. The van der Waals surface area contributed by atoms with Gasteiger partial charge < -0.3 is 4.90 Å². The van der Waals surface area contributed by atoms with Gasteiger partial charge in [-0.05, 0) is 33.6 Å². The number of amides is 1. The zero-order chi connectivity index (χ0) is 16.6. The Morgan fingerprint density at radius 2 is 2.00 bits per heavy atom. The van der Waals surface area contributed by atoms with E-state index >= 15 is 0 Å². The predicted octanol–water partition coefficient (Wildman–Crippen LogP) is 4.03. The highest BCUT2D eigenvalue weighted by molar-refractivity contribution is 9.11. The summed E-state index contributed by atoms with van der Waals surface area (Å²) in [7, 11) is 0. The van der Waals surface area contributed by atoms with Gasteiger partial charge in [0.25, 0.3) is 5.91 Å². The van der Waals surface area contributed by atoms with E-state index in [9.17, 15) is 4.79 Å². The van der Waals surface area contributed by atoms with Gasteiger partial charge in [0.2, 0.25) is 0 Å². The first-order valence-corrected chi connectivity index (χ1v) is 8.26. The molecule has 3 rings (SSSR count). The van der Waals surface area contributed by atoms with Crippen molar-refractivity contribution in [2.24, 2.45) is 15.4 Å². The summed E-state index contributed by atoms with van der Waals surface area (Å²) in [6.07, 6.45) is 5.85. The van der Waals surface area contributed by atoms with Crippen molar-refractivity contribution in [2.75, 3.05) is 0 Å². The third-order valence-corrected chi connectivity index (χ3v) is 4.10. The van der Waals surface area contributed by atoms with Crippen LogP contribution in [-0.2, 0) is 11.3 Å². The minimum absolute atomic E-state index is 0.170. The molecular weight excluding hydrogens is 354 g/mol. The molecule has 1 aromatic carbocycles. The minimum Gasteiger partial charge on any atom is -0.327 e. The summed E-state index contributed by atoms with van der Waals surface area (Å²) in [6, 6.07) is 7.95. The monoisotopic (exact) mass is 371 g/mol. The highest BCUT2D eigenvalue weighted by Gasteiger charge is 2.25. The average molecular weight is 372 g/mol. The van der Waals surface area contributed by atoms with Crippen molar-refractivity contribution in [3.8, 4) is 0 Å². The van der Waals surface area contributed by atoms with E-state index in [1.807, 2.05) is 68.3 Å². The number of nitrogens with zero attached hydrogens (tertiary/aromatic N) is 3. The van der Waals surface area contributed by atoms with Crippen molar-refractivity contribution in [1.82, 2.24) is 4.90 Å². The van der Waals surface area contributed by atoms with Crippen molar-refractivity contribution in [1.29, 1.82) is 0 Å². The number of carbonyl (C=O) groups is 1. The molecule has 0 radical (unpaired) electrons. The maximum atomic E-state index is 12.4. The van der Waals surface area contributed by atoms with Gasteiger partial charge >= 0.3 is 0 Å². The smallest absolute Gasteiger partial charge is 0.253 e. The summed E-state index contributed by atoms with van der Waals surface area (Å²) in [4.78, 5) is 23.4. The lowest BCUT2D eigenvalue weighted by atomic mass is 9.96. The topological polar surface area (TPSA) is 45.0 Å². The van der Waals surface area contributed by atoms with Gasteiger partial charge in [-0.3, -0.25) is 4.79 Å². The zero-order valence-corrected chi connectivity index (χ0v) is 15.0. The number of benzene rings is 1. The highest BCUT2D eigenvalue weighted by atomic mass is 79.9. The first-order chi connectivity index (χ1) is 10.8. The van der Waals surface area contributed by atoms with Gasteiger partial charge in [-0.1, -0.05) is 45.0 Å². The van der Waals surface area contributed by atoms with Crippen LogP contribution >= 0.6 is 15.9 Å². The van der Waals surface area contributed by atoms with Gasteiger partial charge in [0.1, 0.15) is 5.84 Å². The van der Waals surface area contributed by atoms with E-state index in [1.54, 1.807) is 0 Å². The number of allylic oxidation sites excluding steroid dienone is 2. The Labute approximate surface area is 144 Å². The van der Waals surface area contributed by atoms with Crippen LogP contribution < -0.4 is 0 Å². The summed E-state index contributed by atoms with van der Waals surface area (Å²) in [6.45, 7) is 6.28. The van der Waals surface area contributed by atoms with Crippen LogP contribution in [0.4, 0.5) is 0 Å². The first-order valence-electron chi connectivity index (χ1n) is 7.47. The number of hydrogen-bond acceptors (Lipinski definition) is 2. The van der Waals surface area contributed by atoms with E-state index in [-0.39, 0.29) is 5.91 Å². The summed E-state index contributed by atoms with van der Waals surface area (Å²) in [5.74, 6) is 1.09. The molecule has 1 amide bonds. The number of fused-ring (bicyclic) bond motifs is 2. The number of hydrogen-bond donors (Lipinski definition) is 0. The second kappa shape index (κ2) is 5.89. The molecule has 0 saturated heterocycles. The fourth-order valence-electron chi connectivity index (χ4n) is 2.31. The van der Waals surface area contributed by atoms with Gasteiger partial charge in [0, 0.05) is 28.2 Å². The SMILES string of the molecule is CC(C)(C)C(=O)N=C1N=C2C=CC(Br)=CN2Cc2ccccc21. The molecule has 0 unspecified atom stereocenters. The fraction of sp³-hybridized carbons (Fsp3) is 0.278. The molecule has 0 fully saturated rings. The Hall–Kier alpha value is -2.01. The molecule has 2 aliphatic rings. The predicted molar refractivity (Wildman–Crippen MR) is 96.6 cm³/mol. The number of rotatable bonds is 0. The van der Waals surface area contributed by atoms with Crippen molar-refractivity contribution < 1.29 is 4.79 Å². The summed E-state index contributed by atoms with van der Waals surface area (Å²) in [5.41, 5.74) is 1.47. The van der Waals surface area contributed by atoms with Crippen LogP contribution in [0.15, 0.2) is 57.1 Å². The average Bonchev–Trinajstić information content (AvgIpc) is 2.62. The van der Waals surface area contributed by atoms with E-state index in [2.05, 4.69) is 25.9 Å². The Morgan fingerprint density at radius 1 is 1.26 bits per heavy atom. The minimum atomic E-state index is -0.528. The summed E-state index contributed by atoms with van der Waals surface area (Å²) in [5, 5.41) is 0. The molecule has 4 nitrogen and oxygen atoms in total. The van der Waals surface area contributed by atoms with Crippen LogP contribution in [0.25, 0.3) is 0 Å². The second-order valence-corrected chi connectivity index (χ2v) is 7.51.